The van der Waals surface area contributed by atoms with Crippen molar-refractivity contribution in [1.29, 1.82) is 0 Å². The third kappa shape index (κ3) is 2.76. The Morgan fingerprint density at radius 2 is 1.92 bits per heavy atom. The number of aromatic nitrogens is 2. The van der Waals surface area contributed by atoms with Crippen LogP contribution in [0.15, 0.2) is 29.3 Å². The van der Waals surface area contributed by atoms with Gasteiger partial charge in [0.2, 0.25) is 11.9 Å². The smallest absolute Gasteiger partial charge is 0.216 e. The van der Waals surface area contributed by atoms with Gasteiger partial charge in [-0.25, -0.2) is 9.98 Å². The molecular formula is C17H23N7O. The third-order valence-electron chi connectivity index (χ3n) is 5.13. The van der Waals surface area contributed by atoms with E-state index in [1.807, 2.05) is 6.07 Å². The maximum atomic E-state index is 5.43. The van der Waals surface area contributed by atoms with Crippen molar-refractivity contribution in [3.63, 3.8) is 0 Å². The van der Waals surface area contributed by atoms with Crippen LogP contribution >= 0.6 is 0 Å². The standard InChI is InChI=1S/C17H23N7O/c1-2-4-15-14(3-1)20-17-23(15)12-19-16-18-11-22(13-24(16)17)6-5-21-7-9-25-10-8-21/h1-4H,5-13H2,(H,18,19). The summed E-state index contributed by atoms with van der Waals surface area (Å²) in [6.45, 7) is 8.15. The normalized spacial score (nSPS) is 21.6. The number of fused-ring (bicyclic) bond motifs is 5. The van der Waals surface area contributed by atoms with Crippen molar-refractivity contribution < 1.29 is 4.74 Å². The Balaban J connectivity index is 1.32. The van der Waals surface area contributed by atoms with Gasteiger partial charge in [-0.1, -0.05) is 12.1 Å². The summed E-state index contributed by atoms with van der Waals surface area (Å²) in [5.41, 5.74) is 2.17. The molecule has 2 saturated heterocycles. The van der Waals surface area contributed by atoms with Crippen LogP contribution in [0.3, 0.4) is 0 Å². The van der Waals surface area contributed by atoms with Crippen molar-refractivity contribution in [1.82, 2.24) is 24.7 Å². The highest BCUT2D eigenvalue weighted by atomic mass is 16.5. The van der Waals surface area contributed by atoms with E-state index in [1.165, 1.54) is 0 Å². The van der Waals surface area contributed by atoms with Crippen LogP contribution in [0.5, 0.6) is 0 Å². The first-order chi connectivity index (χ1) is 12.4. The van der Waals surface area contributed by atoms with Gasteiger partial charge >= 0.3 is 0 Å². The number of morpholine rings is 1. The SMILES string of the molecule is c1ccc2c(c1)nc1n2CN=C2NCN(CCN3CCOCC3)CN21. The van der Waals surface area contributed by atoms with E-state index in [1.54, 1.807) is 0 Å². The molecule has 0 bridgehead atoms. The molecule has 8 nitrogen and oxygen atoms in total. The lowest BCUT2D eigenvalue weighted by molar-refractivity contribution is 0.0330. The summed E-state index contributed by atoms with van der Waals surface area (Å²) in [5, 5.41) is 3.45. The minimum absolute atomic E-state index is 0.627. The van der Waals surface area contributed by atoms with Crippen LogP contribution in [0.2, 0.25) is 0 Å². The molecule has 8 heteroatoms. The molecule has 1 N–H and O–H groups in total. The molecule has 1 aromatic carbocycles. The number of para-hydroxylation sites is 2. The van der Waals surface area contributed by atoms with Crippen LogP contribution in [0.25, 0.3) is 11.0 Å². The van der Waals surface area contributed by atoms with Gasteiger partial charge < -0.3 is 10.1 Å². The van der Waals surface area contributed by atoms with Crippen molar-refractivity contribution in [2.45, 2.75) is 6.67 Å². The molecule has 25 heavy (non-hydrogen) atoms. The largest absolute Gasteiger partial charge is 0.379 e. The molecule has 0 unspecified atom stereocenters. The van der Waals surface area contributed by atoms with E-state index in [0.29, 0.717) is 6.67 Å². The van der Waals surface area contributed by atoms with Crippen LogP contribution in [-0.4, -0.2) is 78.0 Å². The topological polar surface area (TPSA) is 61.2 Å². The fraction of sp³-hybridized carbons (Fsp3) is 0.529. The predicted molar refractivity (Wildman–Crippen MR) is 96.5 cm³/mol. The molecule has 2 fully saturated rings. The maximum absolute atomic E-state index is 5.43. The number of hydrogen-bond donors (Lipinski definition) is 1. The number of guanidine groups is 1. The van der Waals surface area contributed by atoms with Crippen molar-refractivity contribution in [2.24, 2.45) is 4.99 Å². The number of nitrogens with zero attached hydrogens (tertiary/aromatic N) is 6. The molecular weight excluding hydrogens is 318 g/mol. The van der Waals surface area contributed by atoms with Gasteiger partial charge in [0.25, 0.3) is 0 Å². The van der Waals surface area contributed by atoms with E-state index in [9.17, 15) is 0 Å². The molecule has 3 aliphatic rings. The Hall–Kier alpha value is -2.16. The number of hydrogen-bond acceptors (Lipinski definition) is 7. The molecule has 0 radical (unpaired) electrons. The minimum atomic E-state index is 0.627. The first kappa shape index (κ1) is 15.1. The minimum Gasteiger partial charge on any atom is -0.379 e. The number of imidazole rings is 1. The van der Waals surface area contributed by atoms with E-state index >= 15 is 0 Å². The number of benzene rings is 1. The van der Waals surface area contributed by atoms with Crippen LogP contribution in [0.1, 0.15) is 0 Å². The quantitative estimate of drug-likeness (QED) is 0.868. The summed E-state index contributed by atoms with van der Waals surface area (Å²) >= 11 is 0. The van der Waals surface area contributed by atoms with Crippen molar-refractivity contribution >= 4 is 22.9 Å². The summed E-state index contributed by atoms with van der Waals surface area (Å²) in [6, 6.07) is 8.26. The fourth-order valence-corrected chi connectivity index (χ4v) is 3.70. The van der Waals surface area contributed by atoms with Gasteiger partial charge in [-0.3, -0.25) is 19.3 Å². The average molecular weight is 341 g/mol. The Morgan fingerprint density at radius 1 is 1.08 bits per heavy atom. The molecule has 0 saturated carbocycles. The Labute approximate surface area is 146 Å². The first-order valence-corrected chi connectivity index (χ1v) is 8.92. The van der Waals surface area contributed by atoms with Crippen LogP contribution in [0.4, 0.5) is 5.95 Å². The number of ether oxygens (including phenoxy) is 1. The third-order valence-corrected chi connectivity index (χ3v) is 5.13. The van der Waals surface area contributed by atoms with Gasteiger partial charge in [0, 0.05) is 26.2 Å². The van der Waals surface area contributed by atoms with Crippen molar-refractivity contribution in [3.8, 4) is 0 Å². The molecule has 0 amide bonds. The second kappa shape index (κ2) is 6.29. The predicted octanol–water partition coefficient (Wildman–Crippen LogP) is 0.322. The lowest BCUT2D eigenvalue weighted by atomic mass is 10.3. The van der Waals surface area contributed by atoms with Gasteiger partial charge in [0.15, 0.2) is 0 Å². The van der Waals surface area contributed by atoms with E-state index in [-0.39, 0.29) is 0 Å². The van der Waals surface area contributed by atoms with E-state index in [2.05, 4.69) is 42.8 Å². The summed E-state index contributed by atoms with van der Waals surface area (Å²) in [5.74, 6) is 1.92. The van der Waals surface area contributed by atoms with Gasteiger partial charge in [0.1, 0.15) is 6.67 Å². The van der Waals surface area contributed by atoms with Gasteiger partial charge in [-0.15, -0.1) is 0 Å². The zero-order chi connectivity index (χ0) is 16.6. The number of nitrogens with one attached hydrogen (secondary N) is 1. The monoisotopic (exact) mass is 341 g/mol. The van der Waals surface area contributed by atoms with Crippen molar-refractivity contribution in [3.05, 3.63) is 24.3 Å². The van der Waals surface area contributed by atoms with Gasteiger partial charge in [0.05, 0.1) is 37.6 Å². The zero-order valence-corrected chi connectivity index (χ0v) is 14.3. The summed E-state index contributed by atoms with van der Waals surface area (Å²) in [6.07, 6.45) is 0. The van der Waals surface area contributed by atoms with E-state index in [0.717, 1.165) is 75.7 Å². The zero-order valence-electron chi connectivity index (χ0n) is 14.3. The lowest BCUT2D eigenvalue weighted by Crippen LogP contribution is -2.60. The van der Waals surface area contributed by atoms with Gasteiger partial charge in [-0.2, -0.15) is 0 Å². The fourth-order valence-electron chi connectivity index (χ4n) is 3.70. The van der Waals surface area contributed by atoms with Gasteiger partial charge in [-0.05, 0) is 12.1 Å². The molecule has 0 aliphatic carbocycles. The lowest BCUT2D eigenvalue weighted by Gasteiger charge is -2.40. The average Bonchev–Trinajstić information content (AvgIpc) is 3.06. The molecule has 0 atom stereocenters. The maximum Gasteiger partial charge on any atom is 0.216 e. The number of rotatable bonds is 3. The van der Waals surface area contributed by atoms with Crippen LogP contribution in [-0.2, 0) is 11.4 Å². The number of aliphatic imine (C=N–C) groups is 1. The Kier molecular flexibility index (Phi) is 3.80. The van der Waals surface area contributed by atoms with Crippen LogP contribution < -0.4 is 10.2 Å². The molecule has 5 rings (SSSR count). The molecule has 1 aromatic heterocycles. The molecule has 3 aliphatic heterocycles. The highest BCUT2D eigenvalue weighted by Crippen LogP contribution is 2.26. The highest BCUT2D eigenvalue weighted by Gasteiger charge is 2.30. The molecule has 4 heterocycles. The molecule has 132 valence electrons. The summed E-state index contributed by atoms with van der Waals surface area (Å²) in [4.78, 5) is 16.6. The first-order valence-electron chi connectivity index (χ1n) is 8.92. The van der Waals surface area contributed by atoms with E-state index < -0.39 is 0 Å². The second-order valence-electron chi connectivity index (χ2n) is 6.70. The summed E-state index contributed by atoms with van der Waals surface area (Å²) < 4.78 is 7.61. The highest BCUT2D eigenvalue weighted by molar-refractivity contribution is 5.97. The second-order valence-corrected chi connectivity index (χ2v) is 6.70. The molecule has 2 aromatic rings. The Morgan fingerprint density at radius 3 is 2.84 bits per heavy atom. The van der Waals surface area contributed by atoms with Crippen molar-refractivity contribution in [2.75, 3.05) is 57.6 Å². The summed E-state index contributed by atoms with van der Waals surface area (Å²) in [7, 11) is 0. The van der Waals surface area contributed by atoms with Crippen LogP contribution in [0, 0.1) is 0 Å². The van der Waals surface area contributed by atoms with E-state index in [4.69, 9.17) is 14.7 Å². The Bertz CT molecular complexity index is 795. The number of anilines is 1. The molecule has 0 spiro atoms.